The molecule has 0 saturated heterocycles. The maximum atomic E-state index is 11.6. The van der Waals surface area contributed by atoms with E-state index >= 15 is 0 Å². The van der Waals surface area contributed by atoms with Gasteiger partial charge in [-0.25, -0.2) is 0 Å². The summed E-state index contributed by atoms with van der Waals surface area (Å²) < 4.78 is 16.7. The van der Waals surface area contributed by atoms with Gasteiger partial charge in [-0.3, -0.25) is 4.79 Å². The Balaban J connectivity index is 2.47. The minimum Gasteiger partial charge on any atom is -0.496 e. The Bertz CT molecular complexity index is 588. The van der Waals surface area contributed by atoms with E-state index in [4.69, 9.17) is 14.2 Å². The molecule has 0 aliphatic carbocycles. The van der Waals surface area contributed by atoms with Crippen molar-refractivity contribution in [2.24, 2.45) is 0 Å². The van der Waals surface area contributed by atoms with Crippen molar-refractivity contribution in [1.82, 2.24) is 0 Å². The van der Waals surface area contributed by atoms with Crippen molar-refractivity contribution in [3.63, 3.8) is 0 Å². The van der Waals surface area contributed by atoms with E-state index in [1.807, 2.05) is 17.5 Å². The van der Waals surface area contributed by atoms with Gasteiger partial charge in [0.1, 0.15) is 11.5 Å². The highest BCUT2D eigenvalue weighted by molar-refractivity contribution is 7.17. The second kappa shape index (κ2) is 5.93. The van der Waals surface area contributed by atoms with Crippen LogP contribution in [0.2, 0.25) is 0 Å². The Hall–Kier alpha value is -1.75. The van der Waals surface area contributed by atoms with Crippen LogP contribution in [0.3, 0.4) is 0 Å². The van der Waals surface area contributed by atoms with Crippen molar-refractivity contribution in [2.75, 3.05) is 20.8 Å². The van der Waals surface area contributed by atoms with Crippen LogP contribution in [0.5, 0.6) is 11.5 Å². The Morgan fingerprint density at radius 1 is 1.21 bits per heavy atom. The van der Waals surface area contributed by atoms with Crippen LogP contribution >= 0.6 is 11.3 Å². The molecule has 0 fully saturated rings. The van der Waals surface area contributed by atoms with Gasteiger partial charge < -0.3 is 14.2 Å². The van der Waals surface area contributed by atoms with Gasteiger partial charge in [0.2, 0.25) is 0 Å². The van der Waals surface area contributed by atoms with Crippen LogP contribution in [0, 0.1) is 0 Å². The van der Waals surface area contributed by atoms with Gasteiger partial charge in [0.05, 0.1) is 31.9 Å². The first kappa shape index (κ1) is 13.7. The minimum absolute atomic E-state index is 0.230. The zero-order valence-corrected chi connectivity index (χ0v) is 12.0. The summed E-state index contributed by atoms with van der Waals surface area (Å²) in [7, 11) is 3.25. The number of ether oxygens (including phenoxy) is 3. The van der Waals surface area contributed by atoms with Crippen molar-refractivity contribution in [1.29, 1.82) is 0 Å². The molecule has 19 heavy (non-hydrogen) atoms. The van der Waals surface area contributed by atoms with E-state index in [9.17, 15) is 4.79 Å². The molecular weight excluding hydrogens is 264 g/mol. The second-order valence-electron chi connectivity index (χ2n) is 3.92. The van der Waals surface area contributed by atoms with Gasteiger partial charge in [0.15, 0.2) is 0 Å². The van der Waals surface area contributed by atoms with Gasteiger partial charge in [-0.1, -0.05) is 0 Å². The highest BCUT2D eigenvalue weighted by Crippen LogP contribution is 2.40. The molecule has 0 amide bonds. The van der Waals surface area contributed by atoms with E-state index in [2.05, 4.69) is 0 Å². The Kier molecular flexibility index (Phi) is 4.27. The zero-order valence-electron chi connectivity index (χ0n) is 11.2. The lowest BCUT2D eigenvalue weighted by atomic mass is 10.1. The molecule has 0 unspecified atom stereocenters. The summed E-state index contributed by atoms with van der Waals surface area (Å²) in [6.07, 6.45) is 0.247. The first-order valence-corrected chi connectivity index (χ1v) is 6.85. The summed E-state index contributed by atoms with van der Waals surface area (Å²) in [6, 6.07) is 3.72. The summed E-state index contributed by atoms with van der Waals surface area (Å²) in [5.74, 6) is 1.30. The molecule has 0 aliphatic rings. The number of carbonyl (C=O) groups is 1. The van der Waals surface area contributed by atoms with Crippen molar-refractivity contribution < 1.29 is 19.0 Å². The van der Waals surface area contributed by atoms with Crippen LogP contribution in [0.1, 0.15) is 12.5 Å². The lowest BCUT2D eigenvalue weighted by Gasteiger charge is -2.08. The number of fused-ring (bicyclic) bond motifs is 1. The summed E-state index contributed by atoms with van der Waals surface area (Å²) >= 11 is 1.54. The maximum absolute atomic E-state index is 11.6. The van der Waals surface area contributed by atoms with Crippen molar-refractivity contribution in [2.45, 2.75) is 13.3 Å². The first-order chi connectivity index (χ1) is 9.21. The second-order valence-corrected chi connectivity index (χ2v) is 4.80. The smallest absolute Gasteiger partial charge is 0.310 e. The van der Waals surface area contributed by atoms with Gasteiger partial charge in [0, 0.05) is 5.39 Å². The van der Waals surface area contributed by atoms with Crippen LogP contribution in [0.15, 0.2) is 17.5 Å². The summed E-state index contributed by atoms with van der Waals surface area (Å²) in [5.41, 5.74) is 0.911. The molecule has 2 rings (SSSR count). The van der Waals surface area contributed by atoms with Crippen LogP contribution < -0.4 is 9.47 Å². The van der Waals surface area contributed by atoms with Crippen molar-refractivity contribution >= 4 is 27.4 Å². The third-order valence-electron chi connectivity index (χ3n) is 2.80. The van der Waals surface area contributed by atoms with Gasteiger partial charge in [-0.15, -0.1) is 11.3 Å². The summed E-state index contributed by atoms with van der Waals surface area (Å²) in [5, 5.41) is 2.88. The van der Waals surface area contributed by atoms with E-state index in [1.54, 1.807) is 32.5 Å². The predicted octanol–water partition coefficient (Wildman–Crippen LogP) is 3.02. The molecular formula is C14H16O4S. The maximum Gasteiger partial charge on any atom is 0.310 e. The monoisotopic (exact) mass is 280 g/mol. The third kappa shape index (κ3) is 2.66. The molecule has 0 atom stereocenters. The molecule has 1 aromatic carbocycles. The molecule has 0 aliphatic heterocycles. The Labute approximate surface area is 115 Å². The van der Waals surface area contributed by atoms with Gasteiger partial charge >= 0.3 is 5.97 Å². The van der Waals surface area contributed by atoms with E-state index in [1.165, 1.54) is 0 Å². The van der Waals surface area contributed by atoms with E-state index < -0.39 is 0 Å². The SMILES string of the molecule is CCOC(=O)Cc1csc2c(OC)ccc(OC)c12. The number of hydrogen-bond donors (Lipinski definition) is 0. The molecule has 0 saturated carbocycles. The minimum atomic E-state index is -0.230. The highest BCUT2D eigenvalue weighted by atomic mass is 32.1. The Morgan fingerprint density at radius 3 is 2.53 bits per heavy atom. The topological polar surface area (TPSA) is 44.8 Å². The number of rotatable bonds is 5. The molecule has 0 bridgehead atoms. The lowest BCUT2D eigenvalue weighted by molar-refractivity contribution is -0.142. The number of carbonyl (C=O) groups excluding carboxylic acids is 1. The molecule has 0 N–H and O–H groups in total. The molecule has 4 nitrogen and oxygen atoms in total. The number of methoxy groups -OCH3 is 2. The molecule has 102 valence electrons. The molecule has 1 heterocycles. The van der Waals surface area contributed by atoms with Gasteiger partial charge in [0.25, 0.3) is 0 Å². The van der Waals surface area contributed by atoms with E-state index in [0.29, 0.717) is 6.61 Å². The normalized spacial score (nSPS) is 10.5. The van der Waals surface area contributed by atoms with Gasteiger partial charge in [-0.05, 0) is 30.0 Å². The average molecular weight is 280 g/mol. The first-order valence-electron chi connectivity index (χ1n) is 5.98. The molecule has 1 aromatic heterocycles. The predicted molar refractivity (Wildman–Crippen MR) is 75.3 cm³/mol. The fourth-order valence-electron chi connectivity index (χ4n) is 1.98. The Morgan fingerprint density at radius 2 is 1.89 bits per heavy atom. The fourth-order valence-corrected chi connectivity index (χ4v) is 3.06. The standard InChI is InChI=1S/C14H16O4S/c1-4-18-12(15)7-9-8-19-14-11(17-3)6-5-10(16-2)13(9)14/h5-6,8H,4,7H2,1-3H3. The number of esters is 1. The van der Waals surface area contributed by atoms with Crippen molar-refractivity contribution in [3.05, 3.63) is 23.1 Å². The van der Waals surface area contributed by atoms with E-state index in [0.717, 1.165) is 27.1 Å². The average Bonchev–Trinajstić information content (AvgIpc) is 2.82. The van der Waals surface area contributed by atoms with Crippen molar-refractivity contribution in [3.8, 4) is 11.5 Å². The number of thiophene rings is 1. The van der Waals surface area contributed by atoms with Crippen LogP contribution in [0.4, 0.5) is 0 Å². The van der Waals surface area contributed by atoms with Crippen LogP contribution in [-0.4, -0.2) is 26.8 Å². The molecule has 5 heteroatoms. The zero-order chi connectivity index (χ0) is 13.8. The van der Waals surface area contributed by atoms with Crippen LogP contribution in [0.25, 0.3) is 10.1 Å². The molecule has 2 aromatic rings. The molecule has 0 radical (unpaired) electrons. The highest BCUT2D eigenvalue weighted by Gasteiger charge is 2.16. The summed E-state index contributed by atoms with van der Waals surface area (Å²) in [6.45, 7) is 2.19. The van der Waals surface area contributed by atoms with E-state index in [-0.39, 0.29) is 12.4 Å². The fraction of sp³-hybridized carbons (Fsp3) is 0.357. The molecule has 0 spiro atoms. The lowest BCUT2D eigenvalue weighted by Crippen LogP contribution is -2.07. The summed E-state index contributed by atoms with van der Waals surface area (Å²) in [4.78, 5) is 11.6. The number of hydrogen-bond acceptors (Lipinski definition) is 5. The van der Waals surface area contributed by atoms with Crippen LogP contribution in [-0.2, 0) is 16.0 Å². The largest absolute Gasteiger partial charge is 0.496 e. The number of benzene rings is 1. The quantitative estimate of drug-likeness (QED) is 0.790. The van der Waals surface area contributed by atoms with Gasteiger partial charge in [-0.2, -0.15) is 0 Å². The third-order valence-corrected chi connectivity index (χ3v) is 3.85.